The van der Waals surface area contributed by atoms with Gasteiger partial charge in [-0.3, -0.25) is 4.79 Å². The zero-order valence-corrected chi connectivity index (χ0v) is 22.2. The second kappa shape index (κ2) is 9.78. The van der Waals surface area contributed by atoms with Gasteiger partial charge in [0, 0.05) is 30.8 Å². The smallest absolute Gasteiger partial charge is 0.227 e. The average molecular weight is 537 g/mol. The number of anilines is 1. The topological polar surface area (TPSA) is 89.1 Å². The fourth-order valence-electron chi connectivity index (χ4n) is 6.13. The number of aromatic nitrogens is 5. The largest absolute Gasteiger partial charge is 0.393 e. The van der Waals surface area contributed by atoms with Crippen molar-refractivity contribution in [1.29, 1.82) is 0 Å². The number of nitrogens with zero attached hydrogens (tertiary/aromatic N) is 6. The zero-order valence-electron chi connectivity index (χ0n) is 21.4. The minimum Gasteiger partial charge on any atom is -0.393 e. The van der Waals surface area contributed by atoms with Gasteiger partial charge >= 0.3 is 0 Å². The maximum absolute atomic E-state index is 14.0. The Hall–Kier alpha value is -3.30. The minimum atomic E-state index is -0.517. The Labute approximate surface area is 225 Å². The third-order valence-electron chi connectivity index (χ3n) is 7.94. The molecule has 0 radical (unpaired) electrons. The Balaban J connectivity index is 1.51. The molecule has 2 aliphatic rings. The molecule has 1 aliphatic carbocycles. The van der Waals surface area contributed by atoms with Gasteiger partial charge in [-0.25, -0.2) is 14.1 Å². The van der Waals surface area contributed by atoms with Crippen LogP contribution in [0.5, 0.6) is 0 Å². The van der Waals surface area contributed by atoms with Crippen LogP contribution in [0.1, 0.15) is 68.5 Å². The zero-order chi connectivity index (χ0) is 26.6. The van der Waals surface area contributed by atoms with Crippen LogP contribution >= 0.6 is 11.6 Å². The summed E-state index contributed by atoms with van der Waals surface area (Å²) in [6, 6.07) is 10.5. The van der Waals surface area contributed by atoms with Crippen LogP contribution in [0.3, 0.4) is 0 Å². The second-order valence-electron chi connectivity index (χ2n) is 10.4. The highest BCUT2D eigenvalue weighted by Crippen LogP contribution is 2.42. The molecule has 1 saturated carbocycles. The second-order valence-corrected chi connectivity index (χ2v) is 10.8. The molecule has 1 N–H and O–H groups in total. The van der Waals surface area contributed by atoms with E-state index in [9.17, 15) is 14.3 Å². The Morgan fingerprint density at radius 1 is 1.08 bits per heavy atom. The summed E-state index contributed by atoms with van der Waals surface area (Å²) in [5.41, 5.74) is 5.14. The number of aliphatic hydroxyl groups is 1. The molecule has 0 unspecified atom stereocenters. The molecule has 2 fully saturated rings. The van der Waals surface area contributed by atoms with Crippen molar-refractivity contribution in [2.75, 3.05) is 4.90 Å². The molecular formula is C28H30ClFN6O2. The van der Waals surface area contributed by atoms with E-state index in [1.807, 2.05) is 14.0 Å². The molecule has 1 aliphatic heterocycles. The maximum Gasteiger partial charge on any atom is 0.227 e. The van der Waals surface area contributed by atoms with Crippen LogP contribution in [-0.2, 0) is 11.8 Å². The van der Waals surface area contributed by atoms with Crippen molar-refractivity contribution >= 4 is 34.2 Å². The van der Waals surface area contributed by atoms with E-state index in [0.717, 1.165) is 72.3 Å². The van der Waals surface area contributed by atoms with Gasteiger partial charge in [0.1, 0.15) is 11.6 Å². The quantitative estimate of drug-likeness (QED) is 0.363. The van der Waals surface area contributed by atoms with E-state index in [-0.39, 0.29) is 29.1 Å². The van der Waals surface area contributed by atoms with Gasteiger partial charge in [0.15, 0.2) is 0 Å². The summed E-state index contributed by atoms with van der Waals surface area (Å²) in [7, 11) is 1.87. The number of carbonyl (C=O) groups excluding carboxylic acids is 1. The normalized spacial score (nSPS) is 22.4. The molecular weight excluding hydrogens is 507 g/mol. The molecule has 38 heavy (non-hydrogen) atoms. The number of halogens is 2. The van der Waals surface area contributed by atoms with Crippen molar-refractivity contribution in [3.63, 3.8) is 0 Å². The number of imidazole rings is 1. The van der Waals surface area contributed by atoms with Crippen molar-refractivity contribution in [2.45, 2.75) is 70.1 Å². The summed E-state index contributed by atoms with van der Waals surface area (Å²) >= 11 is 6.13. The number of hydrogen-bond acceptors (Lipinski definition) is 5. The lowest BCUT2D eigenvalue weighted by Gasteiger charge is -2.37. The van der Waals surface area contributed by atoms with Crippen LogP contribution in [-0.4, -0.2) is 41.7 Å². The third-order valence-corrected chi connectivity index (χ3v) is 8.23. The average Bonchev–Trinajstić information content (AvgIpc) is 3.45. The summed E-state index contributed by atoms with van der Waals surface area (Å²) in [5, 5.41) is 18.5. The summed E-state index contributed by atoms with van der Waals surface area (Å²) < 4.78 is 18.0. The third kappa shape index (κ3) is 4.27. The van der Waals surface area contributed by atoms with E-state index in [1.165, 1.54) is 12.1 Å². The number of amides is 1. The number of aliphatic hydroxyl groups excluding tert-OH is 1. The summed E-state index contributed by atoms with van der Waals surface area (Å²) in [6.07, 6.45) is 4.71. The molecule has 6 rings (SSSR count). The first-order valence-electron chi connectivity index (χ1n) is 13.2. The lowest BCUT2D eigenvalue weighted by molar-refractivity contribution is -0.120. The Morgan fingerprint density at radius 2 is 1.87 bits per heavy atom. The Morgan fingerprint density at radius 3 is 2.58 bits per heavy atom. The van der Waals surface area contributed by atoms with E-state index < -0.39 is 5.82 Å². The fraction of sp³-hybridized carbons (Fsp3) is 0.429. The molecule has 3 heterocycles. The molecule has 1 amide bonds. The first-order valence-corrected chi connectivity index (χ1v) is 13.5. The molecule has 0 bridgehead atoms. The minimum absolute atomic E-state index is 0.0146. The van der Waals surface area contributed by atoms with Gasteiger partial charge in [-0.1, -0.05) is 22.9 Å². The molecule has 1 atom stereocenters. The van der Waals surface area contributed by atoms with Crippen molar-refractivity contribution in [2.24, 2.45) is 7.05 Å². The summed E-state index contributed by atoms with van der Waals surface area (Å²) in [4.78, 5) is 20.2. The van der Waals surface area contributed by atoms with E-state index >= 15 is 0 Å². The number of benzene rings is 2. The molecule has 1 saturated heterocycles. The Kier molecular flexibility index (Phi) is 6.44. The first-order chi connectivity index (χ1) is 18.3. The molecule has 4 aromatic rings. The van der Waals surface area contributed by atoms with Crippen LogP contribution in [0.15, 0.2) is 36.4 Å². The van der Waals surface area contributed by atoms with Crippen LogP contribution < -0.4 is 4.90 Å². The number of carbonyl (C=O) groups is 1. The van der Waals surface area contributed by atoms with E-state index in [1.54, 1.807) is 15.6 Å². The van der Waals surface area contributed by atoms with Crippen molar-refractivity contribution in [3.05, 3.63) is 58.8 Å². The van der Waals surface area contributed by atoms with Crippen LogP contribution in [0, 0.1) is 12.7 Å². The molecule has 10 heteroatoms. The van der Waals surface area contributed by atoms with Crippen molar-refractivity contribution in [1.82, 2.24) is 24.5 Å². The number of piperidine rings is 1. The number of hydrogen-bond donors (Lipinski definition) is 1. The van der Waals surface area contributed by atoms with E-state index in [2.05, 4.69) is 33.1 Å². The highest BCUT2D eigenvalue weighted by Gasteiger charge is 2.36. The molecule has 2 aromatic carbocycles. The number of fused-ring (bicyclic) bond motifs is 1. The number of rotatable bonds is 4. The van der Waals surface area contributed by atoms with E-state index in [4.69, 9.17) is 16.6 Å². The van der Waals surface area contributed by atoms with Gasteiger partial charge in [-0.2, -0.15) is 0 Å². The first kappa shape index (κ1) is 25.0. The van der Waals surface area contributed by atoms with Gasteiger partial charge in [0.2, 0.25) is 5.91 Å². The van der Waals surface area contributed by atoms with Crippen LogP contribution in [0.25, 0.3) is 22.3 Å². The highest BCUT2D eigenvalue weighted by molar-refractivity contribution is 6.31. The standard InChI is InChI=1S/C28H30ClFN6O2/c1-16-27(34(2)33-32-16)17-6-13-24-23(14-17)31-28(36(24)18-7-10-20(37)11-8-18)25-4-3-5-26(38)35(25)19-9-12-22(30)21(29)15-19/h6,9,12-15,18,20,25,37H,3-5,7-8,10-11H2,1-2H3/t18?,20?,25-/m0/s1. The summed E-state index contributed by atoms with van der Waals surface area (Å²) in [6.45, 7) is 1.93. The molecule has 0 spiro atoms. The van der Waals surface area contributed by atoms with Gasteiger partial charge in [0.25, 0.3) is 0 Å². The SMILES string of the molecule is Cc1nnn(C)c1-c1ccc2c(c1)nc([C@@H]1CCCC(=O)N1c1ccc(F)c(Cl)c1)n2C1CCC(O)CC1. The highest BCUT2D eigenvalue weighted by atomic mass is 35.5. The predicted octanol–water partition coefficient (Wildman–Crippen LogP) is 5.67. The van der Waals surface area contributed by atoms with Crippen molar-refractivity contribution in [3.8, 4) is 11.3 Å². The maximum atomic E-state index is 14.0. The molecule has 8 nitrogen and oxygen atoms in total. The van der Waals surface area contributed by atoms with Crippen LogP contribution in [0.2, 0.25) is 5.02 Å². The van der Waals surface area contributed by atoms with E-state index in [0.29, 0.717) is 12.1 Å². The van der Waals surface area contributed by atoms with Gasteiger partial charge in [-0.15, -0.1) is 5.10 Å². The number of aryl methyl sites for hydroxylation is 2. The Bertz CT molecular complexity index is 1500. The van der Waals surface area contributed by atoms with Crippen LogP contribution in [0.4, 0.5) is 10.1 Å². The van der Waals surface area contributed by atoms with Gasteiger partial charge in [-0.05, 0) is 75.8 Å². The van der Waals surface area contributed by atoms with Gasteiger partial charge in [0.05, 0.1) is 39.6 Å². The summed E-state index contributed by atoms with van der Waals surface area (Å²) in [5.74, 6) is 0.266. The van der Waals surface area contributed by atoms with Gasteiger partial charge < -0.3 is 14.6 Å². The molecule has 198 valence electrons. The molecule has 2 aromatic heterocycles. The lowest BCUT2D eigenvalue weighted by Crippen LogP contribution is -2.40. The lowest BCUT2D eigenvalue weighted by atomic mass is 9.92. The fourth-order valence-corrected chi connectivity index (χ4v) is 6.30. The predicted molar refractivity (Wildman–Crippen MR) is 143 cm³/mol. The van der Waals surface area contributed by atoms with Crippen molar-refractivity contribution < 1.29 is 14.3 Å². The monoisotopic (exact) mass is 536 g/mol.